The van der Waals surface area contributed by atoms with E-state index in [1.54, 1.807) is 6.08 Å². The third-order valence-corrected chi connectivity index (χ3v) is 4.85. The van der Waals surface area contributed by atoms with E-state index in [-0.39, 0.29) is 11.8 Å². The van der Waals surface area contributed by atoms with Gasteiger partial charge in [-0.25, -0.2) is 4.79 Å². The van der Waals surface area contributed by atoms with Crippen LogP contribution in [0.15, 0.2) is 35.2 Å². The second kappa shape index (κ2) is 8.44. The average Bonchev–Trinajstić information content (AvgIpc) is 2.81. The first-order chi connectivity index (χ1) is 11.5. The molecule has 1 unspecified atom stereocenters. The summed E-state index contributed by atoms with van der Waals surface area (Å²) in [5, 5.41) is 0. The first-order valence-electron chi connectivity index (χ1n) is 7.94. The molecule has 1 saturated heterocycles. The molecule has 0 radical (unpaired) electrons. The molecule has 1 amide bonds. The fourth-order valence-corrected chi connectivity index (χ4v) is 3.71. The minimum atomic E-state index is -0.689. The second-order valence-corrected chi connectivity index (χ2v) is 7.49. The van der Waals surface area contributed by atoms with Crippen LogP contribution in [-0.4, -0.2) is 33.7 Å². The van der Waals surface area contributed by atoms with Gasteiger partial charge in [-0.05, 0) is 24.0 Å². The van der Waals surface area contributed by atoms with Crippen LogP contribution in [0.25, 0.3) is 6.08 Å². The van der Waals surface area contributed by atoms with Crippen LogP contribution in [0.2, 0.25) is 0 Å². The lowest BCUT2D eigenvalue weighted by Gasteiger charge is -2.28. The third-order valence-electron chi connectivity index (χ3n) is 3.52. The third kappa shape index (κ3) is 4.24. The van der Waals surface area contributed by atoms with Gasteiger partial charge in [-0.1, -0.05) is 75.1 Å². The minimum Gasteiger partial charge on any atom is -0.464 e. The summed E-state index contributed by atoms with van der Waals surface area (Å²) in [5.41, 5.74) is 0.924. The fourth-order valence-electron chi connectivity index (χ4n) is 2.38. The van der Waals surface area contributed by atoms with E-state index in [1.165, 1.54) is 16.7 Å². The van der Waals surface area contributed by atoms with Crippen LogP contribution in [-0.2, 0) is 14.3 Å². The van der Waals surface area contributed by atoms with Crippen LogP contribution in [0, 0.1) is 5.92 Å². The molecule has 0 saturated carbocycles. The zero-order valence-corrected chi connectivity index (χ0v) is 15.7. The number of nitrogens with zero attached hydrogens (tertiary/aromatic N) is 1. The van der Waals surface area contributed by atoms with E-state index >= 15 is 0 Å². The van der Waals surface area contributed by atoms with Gasteiger partial charge in [0, 0.05) is 0 Å². The summed E-state index contributed by atoms with van der Waals surface area (Å²) in [7, 11) is 0. The van der Waals surface area contributed by atoms with Crippen LogP contribution in [0.5, 0.6) is 0 Å². The average molecular weight is 364 g/mol. The summed E-state index contributed by atoms with van der Waals surface area (Å²) >= 11 is 6.58. The molecule has 0 bridgehead atoms. The highest BCUT2D eigenvalue weighted by Gasteiger charge is 2.42. The number of hydrogen-bond donors (Lipinski definition) is 0. The number of thioether (sulfide) groups is 1. The highest BCUT2D eigenvalue weighted by molar-refractivity contribution is 8.26. The molecular formula is C18H21NO3S2. The molecule has 1 atom stereocenters. The van der Waals surface area contributed by atoms with Crippen LogP contribution in [0.3, 0.4) is 0 Å². The molecule has 0 spiro atoms. The topological polar surface area (TPSA) is 46.6 Å². The summed E-state index contributed by atoms with van der Waals surface area (Å²) in [6.07, 6.45) is 2.54. The first kappa shape index (κ1) is 18.7. The van der Waals surface area contributed by atoms with Gasteiger partial charge in [0.25, 0.3) is 5.91 Å². The number of esters is 1. The Morgan fingerprint density at radius 1 is 1.33 bits per heavy atom. The number of carbonyl (C=O) groups excluding carboxylic acids is 2. The van der Waals surface area contributed by atoms with Crippen molar-refractivity contribution in [1.29, 1.82) is 0 Å². The van der Waals surface area contributed by atoms with Gasteiger partial charge < -0.3 is 4.74 Å². The number of benzene rings is 1. The van der Waals surface area contributed by atoms with Crippen molar-refractivity contribution in [3.8, 4) is 0 Å². The van der Waals surface area contributed by atoms with Crippen molar-refractivity contribution < 1.29 is 14.3 Å². The number of hydrogen-bond acceptors (Lipinski definition) is 5. The van der Waals surface area contributed by atoms with E-state index in [4.69, 9.17) is 17.0 Å². The van der Waals surface area contributed by atoms with Crippen LogP contribution < -0.4 is 0 Å². The van der Waals surface area contributed by atoms with Gasteiger partial charge in [0.1, 0.15) is 10.4 Å². The Labute approximate surface area is 152 Å². The maximum absolute atomic E-state index is 12.8. The largest absolute Gasteiger partial charge is 0.464 e. The molecule has 1 fully saturated rings. The number of amides is 1. The van der Waals surface area contributed by atoms with Crippen LogP contribution in [0.1, 0.15) is 32.8 Å². The Balaban J connectivity index is 2.26. The van der Waals surface area contributed by atoms with Crippen molar-refractivity contribution >= 4 is 46.3 Å². The number of ether oxygens (including phenoxy) is 1. The minimum absolute atomic E-state index is 0.0899. The monoisotopic (exact) mass is 363 g/mol. The van der Waals surface area contributed by atoms with Crippen LogP contribution >= 0.6 is 24.0 Å². The van der Waals surface area contributed by atoms with E-state index in [0.717, 1.165) is 12.0 Å². The van der Waals surface area contributed by atoms with Gasteiger partial charge in [0.05, 0.1) is 11.5 Å². The van der Waals surface area contributed by atoms with Gasteiger partial charge in [0.15, 0.2) is 0 Å². The molecule has 1 aromatic rings. The first-order valence-corrected chi connectivity index (χ1v) is 9.17. The SMILES string of the molecule is CCCOC(=O)C(C(C)C)N1C(=O)C(=Cc2ccccc2)SC1=S. The standard InChI is InChI=1S/C18H21NO3S2/c1-4-10-22-17(21)15(12(2)3)19-16(20)14(24-18(19)23)11-13-8-6-5-7-9-13/h5-9,11-12,15H,4,10H2,1-3H3. The summed E-state index contributed by atoms with van der Waals surface area (Å²) < 4.78 is 5.65. The maximum Gasteiger partial charge on any atom is 0.329 e. The quantitative estimate of drug-likeness (QED) is 0.436. The zero-order chi connectivity index (χ0) is 17.7. The maximum atomic E-state index is 12.8. The van der Waals surface area contributed by atoms with Crippen molar-refractivity contribution in [1.82, 2.24) is 4.90 Å². The Bertz CT molecular complexity index is 655. The van der Waals surface area contributed by atoms with Crippen molar-refractivity contribution in [2.75, 3.05) is 6.61 Å². The highest BCUT2D eigenvalue weighted by Crippen LogP contribution is 2.35. The molecule has 6 heteroatoms. The predicted octanol–water partition coefficient (Wildman–Crippen LogP) is 3.87. The normalized spacial score (nSPS) is 17.7. The highest BCUT2D eigenvalue weighted by atomic mass is 32.2. The second-order valence-electron chi connectivity index (χ2n) is 5.82. The number of carbonyl (C=O) groups is 2. The molecule has 1 aliphatic heterocycles. The molecular weight excluding hydrogens is 342 g/mol. The van der Waals surface area contributed by atoms with E-state index in [9.17, 15) is 9.59 Å². The van der Waals surface area contributed by atoms with E-state index in [2.05, 4.69) is 0 Å². The molecule has 0 aromatic heterocycles. The molecule has 0 N–H and O–H groups in total. The zero-order valence-electron chi connectivity index (χ0n) is 14.0. The Hall–Kier alpha value is -1.66. The molecule has 2 rings (SSSR count). The van der Waals surface area contributed by atoms with Crippen molar-refractivity contribution in [2.24, 2.45) is 5.92 Å². The molecule has 24 heavy (non-hydrogen) atoms. The lowest BCUT2D eigenvalue weighted by atomic mass is 10.0. The summed E-state index contributed by atoms with van der Waals surface area (Å²) in [4.78, 5) is 27.1. The molecule has 4 nitrogen and oxygen atoms in total. The van der Waals surface area contributed by atoms with Gasteiger partial charge in [0.2, 0.25) is 0 Å². The predicted molar refractivity (Wildman–Crippen MR) is 101 cm³/mol. The van der Waals surface area contributed by atoms with Crippen molar-refractivity contribution in [3.63, 3.8) is 0 Å². The van der Waals surface area contributed by atoms with Crippen LogP contribution in [0.4, 0.5) is 0 Å². The van der Waals surface area contributed by atoms with Crippen molar-refractivity contribution in [3.05, 3.63) is 40.8 Å². The van der Waals surface area contributed by atoms with E-state index in [1.807, 2.05) is 51.1 Å². The molecule has 1 aromatic carbocycles. The fraction of sp³-hybridized carbons (Fsp3) is 0.389. The van der Waals surface area contributed by atoms with E-state index in [0.29, 0.717) is 15.8 Å². The Kier molecular flexibility index (Phi) is 6.57. The van der Waals surface area contributed by atoms with Gasteiger partial charge >= 0.3 is 5.97 Å². The molecule has 1 heterocycles. The molecule has 1 aliphatic rings. The summed E-state index contributed by atoms with van der Waals surface area (Å²) in [6, 6.07) is 8.88. The van der Waals surface area contributed by atoms with Gasteiger partial charge in [-0.3, -0.25) is 9.69 Å². The Morgan fingerprint density at radius 2 is 2.00 bits per heavy atom. The number of thiocarbonyl (C=S) groups is 1. The van der Waals surface area contributed by atoms with Crippen molar-refractivity contribution in [2.45, 2.75) is 33.2 Å². The summed E-state index contributed by atoms with van der Waals surface area (Å²) in [6.45, 7) is 6.05. The van der Waals surface area contributed by atoms with E-state index < -0.39 is 12.0 Å². The number of rotatable bonds is 6. The Morgan fingerprint density at radius 3 is 2.58 bits per heavy atom. The smallest absolute Gasteiger partial charge is 0.329 e. The molecule has 128 valence electrons. The lowest BCUT2D eigenvalue weighted by molar-refractivity contribution is -0.152. The summed E-state index contributed by atoms with van der Waals surface area (Å²) in [5.74, 6) is -0.724. The van der Waals surface area contributed by atoms with Gasteiger partial charge in [-0.15, -0.1) is 0 Å². The van der Waals surface area contributed by atoms with Gasteiger partial charge in [-0.2, -0.15) is 0 Å². The lowest BCUT2D eigenvalue weighted by Crippen LogP contribution is -2.47. The molecule has 0 aliphatic carbocycles.